The van der Waals surface area contributed by atoms with E-state index in [-0.39, 0.29) is 57.1 Å². The number of carbonyl (C=O) groups excluding carboxylic acids is 3. The number of ketones is 1. The fourth-order valence-corrected chi connectivity index (χ4v) is 9.14. The van der Waals surface area contributed by atoms with Gasteiger partial charge in [0, 0.05) is 61.4 Å². The number of carboxylic acids is 1. The van der Waals surface area contributed by atoms with Gasteiger partial charge in [0.2, 0.25) is 11.8 Å². The predicted octanol–water partition coefficient (Wildman–Crippen LogP) is 8.34. The van der Waals surface area contributed by atoms with Gasteiger partial charge >= 0.3 is 5.97 Å². The summed E-state index contributed by atoms with van der Waals surface area (Å²) in [6, 6.07) is 28.4. The van der Waals surface area contributed by atoms with Crippen molar-refractivity contribution in [2.24, 2.45) is 18.9 Å². The van der Waals surface area contributed by atoms with Crippen LogP contribution in [0.2, 0.25) is 10.0 Å². The van der Waals surface area contributed by atoms with Gasteiger partial charge in [0.15, 0.2) is 5.78 Å². The van der Waals surface area contributed by atoms with E-state index in [2.05, 4.69) is 25.1 Å². The Hall–Kier alpha value is -5.64. The number of methoxy groups -OCH3 is 1. The molecule has 5 aromatic rings. The maximum atomic E-state index is 14.5. The second kappa shape index (κ2) is 24.6. The first kappa shape index (κ1) is 51.7. The highest BCUT2D eigenvalue weighted by atomic mass is 35.5. The Bertz CT molecular complexity index is 2470. The van der Waals surface area contributed by atoms with Crippen molar-refractivity contribution in [1.82, 2.24) is 30.0 Å². The van der Waals surface area contributed by atoms with Crippen LogP contribution in [0, 0.1) is 11.8 Å². The number of nitrogens with one attached hydrogen (secondary N) is 2. The standard InChI is InChI=1S/C52H61Cl2FN6O7/c1-59(2)32-48-57-31-45(60(48)3)37-14-19-43(20-15-37)68-47-28-42(54)18-13-38(47)30-56-44(21-23-55)46(62)26-40(33-67-4)50(65)58-52(29-36-11-16-41(53)17-12-36)22-8-24-61(34-52)51(66)39(27-49(63)64)25-35-9-6-5-7-10-35/h5-7,9-20,28,31,39-40,44,56H,8,21-27,29-30,32-34H2,1-4H3,(H,58,65)(H,63,64)/t39-,40+,44+,52-/m1/s1. The second-order valence-electron chi connectivity index (χ2n) is 17.9. The molecule has 1 fully saturated rings. The van der Waals surface area contributed by atoms with Crippen molar-refractivity contribution < 1.29 is 38.1 Å². The number of hydrogen-bond acceptors (Lipinski definition) is 9. The van der Waals surface area contributed by atoms with E-state index in [0.717, 1.165) is 28.2 Å². The van der Waals surface area contributed by atoms with E-state index >= 15 is 0 Å². The van der Waals surface area contributed by atoms with Crippen molar-refractivity contribution >= 4 is 46.8 Å². The fraction of sp³-hybridized carbons (Fsp3) is 0.404. The molecule has 68 heavy (non-hydrogen) atoms. The van der Waals surface area contributed by atoms with Gasteiger partial charge in [-0.3, -0.25) is 23.6 Å². The van der Waals surface area contributed by atoms with Crippen LogP contribution in [0.4, 0.5) is 4.39 Å². The lowest BCUT2D eigenvalue weighted by molar-refractivity contribution is -0.146. The third kappa shape index (κ3) is 14.4. The Kier molecular flexibility index (Phi) is 18.7. The van der Waals surface area contributed by atoms with Crippen LogP contribution >= 0.6 is 23.2 Å². The lowest BCUT2D eigenvalue weighted by Crippen LogP contribution is -2.62. The number of carboxylic acid groups (broad SMARTS) is 1. The van der Waals surface area contributed by atoms with E-state index in [9.17, 15) is 28.7 Å². The van der Waals surface area contributed by atoms with Crippen LogP contribution in [0.5, 0.6) is 11.5 Å². The number of piperidine rings is 1. The van der Waals surface area contributed by atoms with E-state index in [1.807, 2.05) is 94.1 Å². The predicted molar refractivity (Wildman–Crippen MR) is 262 cm³/mol. The van der Waals surface area contributed by atoms with Crippen LogP contribution in [-0.2, 0) is 56.9 Å². The molecule has 4 atom stereocenters. The molecule has 1 aliphatic heterocycles. The molecule has 3 N–H and O–H groups in total. The zero-order valence-electron chi connectivity index (χ0n) is 39.1. The second-order valence-corrected chi connectivity index (χ2v) is 18.8. The Morgan fingerprint density at radius 3 is 2.32 bits per heavy atom. The van der Waals surface area contributed by atoms with Crippen LogP contribution in [0.15, 0.2) is 103 Å². The summed E-state index contributed by atoms with van der Waals surface area (Å²) in [7, 11) is 7.41. The highest BCUT2D eigenvalue weighted by Gasteiger charge is 2.42. The molecule has 0 saturated carbocycles. The van der Waals surface area contributed by atoms with Gasteiger partial charge in [0.25, 0.3) is 0 Å². The first-order valence-corrected chi connectivity index (χ1v) is 23.6. The number of hydrogen-bond donors (Lipinski definition) is 3. The molecule has 13 nitrogen and oxygen atoms in total. The molecule has 362 valence electrons. The molecule has 1 saturated heterocycles. The van der Waals surface area contributed by atoms with Gasteiger partial charge in [-0.1, -0.05) is 71.7 Å². The van der Waals surface area contributed by atoms with Gasteiger partial charge < -0.3 is 39.6 Å². The average Bonchev–Trinajstić information content (AvgIpc) is 3.67. The lowest BCUT2D eigenvalue weighted by Gasteiger charge is -2.45. The largest absolute Gasteiger partial charge is 0.481 e. The summed E-state index contributed by atoms with van der Waals surface area (Å²) >= 11 is 12.7. The van der Waals surface area contributed by atoms with Gasteiger partial charge in [-0.05, 0) is 106 Å². The van der Waals surface area contributed by atoms with Gasteiger partial charge in [0.05, 0.1) is 61.6 Å². The van der Waals surface area contributed by atoms with Crippen LogP contribution < -0.4 is 15.4 Å². The molecule has 4 aromatic carbocycles. The maximum absolute atomic E-state index is 14.5. The van der Waals surface area contributed by atoms with Crippen LogP contribution in [0.3, 0.4) is 0 Å². The highest BCUT2D eigenvalue weighted by molar-refractivity contribution is 6.31. The summed E-state index contributed by atoms with van der Waals surface area (Å²) in [5, 5.41) is 17.3. The van der Waals surface area contributed by atoms with Crippen LogP contribution in [0.25, 0.3) is 11.3 Å². The third-order valence-electron chi connectivity index (χ3n) is 12.3. The number of alkyl halides is 1. The number of nitrogens with zero attached hydrogens (tertiary/aromatic N) is 4. The molecule has 0 bridgehead atoms. The van der Waals surface area contributed by atoms with Gasteiger partial charge in [-0.15, -0.1) is 0 Å². The van der Waals surface area contributed by atoms with Crippen LogP contribution in [-0.4, -0.2) is 107 Å². The SMILES string of the molecule is COC[C@H](CC(=O)[C@H](CCF)NCc1ccc(Cl)cc1Oc1ccc(-c2cnc(CN(C)C)n2C)cc1)C(=O)N[C@@]1(Cc2ccc(Cl)cc2)CCCN(C(=O)[C@@H](CC(=O)O)Cc2ccccc2)C1. The molecular weight excluding hydrogens is 911 g/mol. The molecule has 6 rings (SSSR count). The molecule has 2 heterocycles. The number of carbonyl (C=O) groups is 4. The van der Waals surface area contributed by atoms with Gasteiger partial charge in [-0.25, -0.2) is 4.98 Å². The molecular formula is C52H61Cl2FN6O7. The van der Waals surface area contributed by atoms with E-state index < -0.39 is 42.0 Å². The zero-order chi connectivity index (χ0) is 48.8. The molecule has 1 aliphatic rings. The molecule has 0 radical (unpaired) electrons. The summed E-state index contributed by atoms with van der Waals surface area (Å²) in [5.41, 5.74) is 3.33. The quantitative estimate of drug-likeness (QED) is 0.0550. The third-order valence-corrected chi connectivity index (χ3v) is 12.8. The summed E-state index contributed by atoms with van der Waals surface area (Å²) < 4.78 is 28.0. The smallest absolute Gasteiger partial charge is 0.304 e. The van der Waals surface area contributed by atoms with Crippen molar-refractivity contribution in [3.05, 3.63) is 136 Å². The van der Waals surface area contributed by atoms with E-state index in [1.165, 1.54) is 7.11 Å². The topological polar surface area (TPSA) is 155 Å². The summed E-state index contributed by atoms with van der Waals surface area (Å²) in [6.07, 6.45) is 2.73. The minimum Gasteiger partial charge on any atom is -0.481 e. The summed E-state index contributed by atoms with van der Waals surface area (Å²) in [6.45, 7) is 0.458. The zero-order valence-corrected chi connectivity index (χ0v) is 40.6. The molecule has 0 unspecified atom stereocenters. The van der Waals surface area contributed by atoms with E-state index in [1.54, 1.807) is 35.2 Å². The number of aliphatic carboxylic acids is 1. The monoisotopic (exact) mass is 970 g/mol. The van der Waals surface area contributed by atoms with E-state index in [0.29, 0.717) is 59.5 Å². The number of Topliss-reactive ketones (excluding diaryl/α,β-unsaturated/α-hetero) is 1. The van der Waals surface area contributed by atoms with Crippen LogP contribution in [0.1, 0.15) is 54.6 Å². The van der Waals surface area contributed by atoms with Crippen molar-refractivity contribution in [3.8, 4) is 22.8 Å². The van der Waals surface area contributed by atoms with Gasteiger partial charge in [-0.2, -0.15) is 0 Å². The number of aromatic nitrogens is 2. The minimum absolute atomic E-state index is 0.0941. The molecule has 16 heteroatoms. The minimum atomic E-state index is -1.08. The van der Waals surface area contributed by atoms with Crippen molar-refractivity contribution in [1.29, 1.82) is 0 Å². The number of ether oxygens (including phenoxy) is 2. The Morgan fingerprint density at radius 2 is 1.65 bits per heavy atom. The molecule has 1 aromatic heterocycles. The Labute approximate surface area is 407 Å². The fourth-order valence-electron chi connectivity index (χ4n) is 8.85. The Morgan fingerprint density at radius 1 is 0.926 bits per heavy atom. The molecule has 0 aliphatic carbocycles. The normalized spacial score (nSPS) is 16.3. The molecule has 0 spiro atoms. The van der Waals surface area contributed by atoms with Crippen molar-refractivity contribution in [2.75, 3.05) is 47.6 Å². The number of imidazole rings is 1. The van der Waals surface area contributed by atoms with Gasteiger partial charge in [0.1, 0.15) is 17.3 Å². The number of rotatable bonds is 24. The lowest BCUT2D eigenvalue weighted by atomic mass is 9.81. The Balaban J connectivity index is 1.16. The maximum Gasteiger partial charge on any atom is 0.304 e. The molecule has 2 amide bonds. The van der Waals surface area contributed by atoms with Crippen molar-refractivity contribution in [3.63, 3.8) is 0 Å². The first-order chi connectivity index (χ1) is 32.6. The summed E-state index contributed by atoms with van der Waals surface area (Å²) in [5.74, 6) is -2.04. The number of halogens is 3. The number of benzene rings is 4. The average molecular weight is 972 g/mol. The van der Waals surface area contributed by atoms with Crippen molar-refractivity contribution in [2.45, 2.75) is 69.6 Å². The number of amides is 2. The summed E-state index contributed by atoms with van der Waals surface area (Å²) in [4.78, 5) is 63.1. The van der Waals surface area contributed by atoms with E-state index in [4.69, 9.17) is 32.7 Å². The first-order valence-electron chi connectivity index (χ1n) is 22.8. The highest BCUT2D eigenvalue weighted by Crippen LogP contribution is 2.32. The number of likely N-dealkylation sites (tertiary alicyclic amines) is 1.